The lowest BCUT2D eigenvalue weighted by atomic mass is 10.1. The molecule has 4 fully saturated rings. The molecule has 6 aromatic heterocycles. The summed E-state index contributed by atoms with van der Waals surface area (Å²) in [5, 5.41) is 117. The van der Waals surface area contributed by atoms with Crippen molar-refractivity contribution >= 4 is 144 Å². The van der Waals surface area contributed by atoms with Crippen LogP contribution < -0.4 is 34.0 Å². The number of anilines is 4. The van der Waals surface area contributed by atoms with E-state index in [2.05, 4.69) is 76.2 Å². The number of Topliss-reactive ketones (excluding diaryl/α,β-unsaturated/α-hetero) is 1. The van der Waals surface area contributed by atoms with Gasteiger partial charge in [0.15, 0.2) is 59.2 Å². The highest BCUT2D eigenvalue weighted by molar-refractivity contribution is 7.66. The number of nitrogens with one attached hydrogen (secondary N) is 1. The molecular formula is C47H76N18O51P8. The summed E-state index contributed by atoms with van der Waals surface area (Å²) in [6.07, 6.45) is -17.4. The van der Waals surface area contributed by atoms with Crippen molar-refractivity contribution in [3.05, 3.63) is 49.4 Å². The number of carboxylic acids is 4. The van der Waals surface area contributed by atoms with Gasteiger partial charge in [-0.15, -0.1) is 0 Å². The van der Waals surface area contributed by atoms with Crippen LogP contribution in [0.1, 0.15) is 65.7 Å². The van der Waals surface area contributed by atoms with Crippen molar-refractivity contribution in [2.24, 2.45) is 5.73 Å². The van der Waals surface area contributed by atoms with E-state index in [9.17, 15) is 111 Å². The summed E-state index contributed by atoms with van der Waals surface area (Å²) in [7, 11) is -41.4. The summed E-state index contributed by atoms with van der Waals surface area (Å²) in [4.78, 5) is 214. The van der Waals surface area contributed by atoms with E-state index in [-0.39, 0.29) is 45.6 Å². The Bertz CT molecular complexity index is 5140. The number of carboxylic acid groups (broad SMARTS) is 4. The Balaban J connectivity index is 0.000000280. The SMILES string of the molecule is CC(=O)C[C@@H](NC(=O)c1ncn([C@@H]2O[C@H](COP(=O)(O)O)[C@@H](O)[C@H]2O)c1N)C(=O)O.NC(CC(=O)O)C(=O)O.Nc1c(C(=O)O)ncn1[C@@H]1O[C@H](COP(=O)(O)O)[C@@H](O)[C@H]1O.Nc1ncnc2c1ncn2[C@@H]1O[C@H](COP(=O)(O)OP(=O)(O)O)[C@@H](O)[C@H]1O.Nc1ncnc2c1ncn2[C@@H]1O[C@H](COP(=O)(O)OP(=O)(O)OP(=O)(O)O)[C@@H](O)[C@H]1O.O=P(O)(O)O. The van der Waals surface area contributed by atoms with E-state index in [4.69, 9.17) is 131 Å². The summed E-state index contributed by atoms with van der Waals surface area (Å²) in [5.41, 5.74) is 27.5. The van der Waals surface area contributed by atoms with Crippen LogP contribution in [0.3, 0.4) is 0 Å². The van der Waals surface area contributed by atoms with Crippen LogP contribution in [0.15, 0.2) is 38.0 Å². The van der Waals surface area contributed by atoms with Gasteiger partial charge in [0.2, 0.25) is 0 Å². The van der Waals surface area contributed by atoms with Crippen molar-refractivity contribution in [2.45, 2.75) is 130 Å². The fourth-order valence-corrected chi connectivity index (χ4v) is 15.4. The number of aromatic nitrogens is 12. The number of hydrogen-bond donors (Lipinski definition) is 32. The Morgan fingerprint density at radius 2 is 0.734 bits per heavy atom. The molecule has 37 N–H and O–H groups in total. The summed E-state index contributed by atoms with van der Waals surface area (Å²) in [6, 6.07) is -2.80. The average Bonchev–Trinajstić information content (AvgIpc) is 1.64. The third-order valence-electron chi connectivity index (χ3n) is 15.4. The number of ketones is 1. The first-order chi connectivity index (χ1) is 56.6. The Labute approximate surface area is 684 Å². The third-order valence-corrected chi connectivity index (χ3v) is 22.3. The van der Waals surface area contributed by atoms with E-state index in [1.165, 1.54) is 21.8 Å². The highest BCUT2D eigenvalue weighted by Crippen LogP contribution is 2.66. The number of nitrogens with two attached hydrogens (primary N) is 5. The molecule has 4 saturated heterocycles. The van der Waals surface area contributed by atoms with Crippen molar-refractivity contribution in [3.8, 4) is 0 Å². The molecule has 0 radical (unpaired) electrons. The molecule has 700 valence electrons. The standard InChI is InChI=1S/C14H21N4O11P.C10H16N5O13P3.C10H15N5O10P2.C9H14N3O9P.C4H7NO4.H3O4P/c1-5(19)2-6(14(23)24)17-12(22)8-11(15)18(4-16-8)13-10(21)9(20)7(29-13)3-28-30(25,26)27;11-8-5-9(13-2-12-8)15(3-14-5)10-7(17)6(16)4(26-10)1-25-30(21,22)28-31(23,24)27-29(18,19)20;11-8-5-9(13-2-12-8)15(3-14-5)10-7(17)6(16)4(24-10)1-23-27(21,22)25-26(18,19)20;10-7-4(9(15)16)11-2-12(7)8-6(14)5(13)3(21-8)1-20-22(17,18)19;5-2(4(8)9)1-3(6)7;1-5(2,3)4/h4,6-7,9-10,13,20-21H,2-3,15H2,1H3,(H,17,22)(H,23,24)(H2,25,26,27);2-4,6-7,10,16-17H,1H2,(H,21,22)(H,23,24)(H2,11,12,13)(H2,18,19,20);2-4,6-7,10,16-17H,1H2,(H,21,22)(H2,11,12,13)(H2,18,19,20);2-3,5-6,8,13-14H,1,10H2,(H,15,16)(H2,17,18,19);2H,1,5H2,(H,6,7)(H,8,9);(H3,1,2,3,4)/t6-,7-,9-,10-,13-;2*4-,6-,7-,10-;3-,5-,6-,8-;;/m1111../s1. The van der Waals surface area contributed by atoms with Crippen LogP contribution in [0.5, 0.6) is 0 Å². The second-order valence-electron chi connectivity index (χ2n) is 24.5. The number of nitrogen functional groups attached to an aromatic ring is 4. The predicted octanol–water partition coefficient (Wildman–Crippen LogP) is -10.2. The molecular weight excluding hydrogens is 1880 g/mol. The molecule has 0 bridgehead atoms. The number of hydrogen-bond acceptors (Lipinski definition) is 46. The van der Waals surface area contributed by atoms with Gasteiger partial charge in [0.1, 0.15) is 126 Å². The van der Waals surface area contributed by atoms with Gasteiger partial charge in [0.05, 0.1) is 58.2 Å². The number of phosphoric acid groups is 8. The first kappa shape index (κ1) is 107. The van der Waals surface area contributed by atoms with Gasteiger partial charge >= 0.3 is 86.5 Å². The minimum absolute atomic E-state index is 0.0426. The van der Waals surface area contributed by atoms with Gasteiger partial charge in [-0.2, -0.15) is 12.9 Å². The smallest absolute Gasteiger partial charge is 0.481 e. The van der Waals surface area contributed by atoms with Crippen LogP contribution in [0.2, 0.25) is 0 Å². The Kier molecular flexibility index (Phi) is 37.3. The number of aliphatic hydroxyl groups excluding tert-OH is 8. The molecule has 21 atom stereocenters. The lowest BCUT2D eigenvalue weighted by Gasteiger charge is -2.19. The number of phosphoric ester groups is 4. The van der Waals surface area contributed by atoms with Gasteiger partial charge in [0.25, 0.3) is 5.91 Å². The third kappa shape index (κ3) is 31.9. The normalized spacial score (nSPS) is 25.9. The lowest BCUT2D eigenvalue weighted by molar-refractivity contribution is -0.144. The minimum atomic E-state index is -5.70. The van der Waals surface area contributed by atoms with E-state index < -0.39 is 259 Å². The topological polar surface area (TPSA) is 1130 Å². The summed E-state index contributed by atoms with van der Waals surface area (Å²) in [5.74, 6) is -7.33. The van der Waals surface area contributed by atoms with Crippen LogP contribution in [0.4, 0.5) is 23.3 Å². The molecule has 10 rings (SSSR count). The summed E-state index contributed by atoms with van der Waals surface area (Å²) < 4.78 is 140. The van der Waals surface area contributed by atoms with Gasteiger partial charge in [-0.05, 0) is 6.92 Å². The van der Waals surface area contributed by atoms with E-state index in [0.717, 1.165) is 41.4 Å². The molecule has 0 spiro atoms. The Morgan fingerprint density at radius 3 is 1.03 bits per heavy atom. The minimum Gasteiger partial charge on any atom is -0.481 e. The van der Waals surface area contributed by atoms with Crippen molar-refractivity contribution < 1.29 is 245 Å². The highest BCUT2D eigenvalue weighted by atomic mass is 31.3. The van der Waals surface area contributed by atoms with Gasteiger partial charge in [-0.3, -0.25) is 55.5 Å². The molecule has 1 amide bonds. The van der Waals surface area contributed by atoms with Gasteiger partial charge in [0, 0.05) is 6.42 Å². The zero-order valence-corrected chi connectivity index (χ0v) is 68.4. The Morgan fingerprint density at radius 1 is 0.419 bits per heavy atom. The van der Waals surface area contributed by atoms with Crippen LogP contribution in [-0.4, -0.2) is 335 Å². The fraction of sp³-hybridized carbons (Fsp3) is 0.532. The monoisotopic (exact) mass is 1960 g/mol. The van der Waals surface area contributed by atoms with Crippen molar-refractivity contribution in [3.63, 3.8) is 0 Å². The molecule has 0 saturated carbocycles. The zero-order chi connectivity index (χ0) is 94.6. The number of imidazole rings is 4. The lowest BCUT2D eigenvalue weighted by Crippen LogP contribution is -2.42. The quantitative estimate of drug-likeness (QED) is 0.0180. The average molecular weight is 1960 g/mol. The molecule has 69 nitrogen and oxygen atoms in total. The number of carbonyl (C=O) groups is 6. The van der Waals surface area contributed by atoms with E-state index in [0.29, 0.717) is 0 Å². The largest absolute Gasteiger partial charge is 0.490 e. The molecule has 10 heterocycles. The molecule has 4 aliphatic heterocycles. The number of carbonyl (C=O) groups excluding carboxylic acids is 2. The Hall–Kier alpha value is -7.78. The fourth-order valence-electron chi connectivity index (χ4n) is 10.1. The number of fused-ring (bicyclic) bond motifs is 2. The second kappa shape index (κ2) is 43.3. The van der Waals surface area contributed by atoms with Crippen LogP contribution in [-0.2, 0) is 106 Å². The molecule has 124 heavy (non-hydrogen) atoms. The maximum Gasteiger partial charge on any atom is 0.490 e. The number of aliphatic hydroxyl groups is 8. The number of ether oxygens (including phenoxy) is 4. The van der Waals surface area contributed by atoms with Gasteiger partial charge in [-0.25, -0.2) is 86.0 Å². The summed E-state index contributed by atoms with van der Waals surface area (Å²) in [6.45, 7) is -2.04. The molecule has 0 aromatic carbocycles. The number of nitrogens with zero attached hydrogens (tertiary/aromatic N) is 12. The van der Waals surface area contributed by atoms with E-state index in [1.807, 2.05) is 0 Å². The van der Waals surface area contributed by atoms with Crippen LogP contribution >= 0.6 is 62.6 Å². The van der Waals surface area contributed by atoms with Crippen molar-refractivity contribution in [2.75, 3.05) is 49.4 Å². The number of aromatic carboxylic acids is 1. The molecule has 77 heteroatoms. The summed E-state index contributed by atoms with van der Waals surface area (Å²) >= 11 is 0. The molecule has 4 aliphatic rings. The van der Waals surface area contributed by atoms with Gasteiger partial charge < -0.3 is 183 Å². The van der Waals surface area contributed by atoms with Crippen molar-refractivity contribution in [1.82, 2.24) is 63.5 Å². The molecule has 4 unspecified atom stereocenters. The second-order valence-corrected chi connectivity index (χ2v) is 35.3. The number of amides is 1. The molecule has 6 aromatic rings. The first-order valence-corrected chi connectivity index (χ1v) is 44.6. The maximum atomic E-state index is 12.3. The van der Waals surface area contributed by atoms with Crippen LogP contribution in [0, 0.1) is 0 Å². The number of rotatable bonds is 31. The van der Waals surface area contributed by atoms with Gasteiger partial charge in [-0.1, -0.05) is 0 Å². The number of aliphatic carboxylic acids is 3. The predicted molar refractivity (Wildman–Crippen MR) is 384 cm³/mol. The highest BCUT2D eigenvalue weighted by Gasteiger charge is 2.51. The molecule has 0 aliphatic carbocycles. The van der Waals surface area contributed by atoms with Crippen LogP contribution in [0.25, 0.3) is 22.3 Å². The zero-order valence-electron chi connectivity index (χ0n) is 61.3. The van der Waals surface area contributed by atoms with E-state index in [1.54, 1.807) is 0 Å². The van der Waals surface area contributed by atoms with E-state index >= 15 is 0 Å². The first-order valence-electron chi connectivity index (χ1n) is 32.4. The maximum absolute atomic E-state index is 12.3. The van der Waals surface area contributed by atoms with Crippen molar-refractivity contribution in [1.29, 1.82) is 0 Å².